The van der Waals surface area contributed by atoms with Gasteiger partial charge in [-0.15, -0.1) is 11.3 Å². The van der Waals surface area contributed by atoms with E-state index in [4.69, 9.17) is 16.3 Å². The second-order valence-electron chi connectivity index (χ2n) is 5.26. The highest BCUT2D eigenvalue weighted by molar-refractivity contribution is 7.15. The lowest BCUT2D eigenvalue weighted by Gasteiger charge is -2.11. The lowest BCUT2D eigenvalue weighted by Crippen LogP contribution is -2.10. The van der Waals surface area contributed by atoms with Crippen molar-refractivity contribution in [2.45, 2.75) is 6.92 Å². The third-order valence-corrected chi connectivity index (χ3v) is 4.46. The Morgan fingerprint density at radius 2 is 2.15 bits per heavy atom. The second-order valence-corrected chi connectivity index (χ2v) is 6.49. The zero-order chi connectivity index (χ0) is 18.7. The molecule has 0 spiro atoms. The molecule has 0 saturated carbocycles. The van der Waals surface area contributed by atoms with E-state index >= 15 is 0 Å². The van der Waals surface area contributed by atoms with E-state index in [1.54, 1.807) is 28.7 Å². The van der Waals surface area contributed by atoms with Gasteiger partial charge in [0.25, 0.3) is 0 Å². The van der Waals surface area contributed by atoms with E-state index in [0.717, 1.165) is 4.96 Å². The fourth-order valence-corrected chi connectivity index (χ4v) is 3.34. The van der Waals surface area contributed by atoms with Crippen LogP contribution in [0.2, 0.25) is 5.15 Å². The van der Waals surface area contributed by atoms with Crippen molar-refractivity contribution in [3.63, 3.8) is 0 Å². The van der Waals surface area contributed by atoms with Crippen LogP contribution in [0.25, 0.3) is 11.0 Å². The lowest BCUT2D eigenvalue weighted by molar-refractivity contribution is -0.114. The zero-order valence-corrected chi connectivity index (χ0v) is 15.5. The minimum atomic E-state index is -0.342. The molecule has 26 heavy (non-hydrogen) atoms. The number of halogens is 1. The van der Waals surface area contributed by atoms with Gasteiger partial charge in [-0.25, -0.2) is 4.98 Å². The number of hydrogen-bond acceptors (Lipinski definition) is 5. The van der Waals surface area contributed by atoms with Crippen LogP contribution in [0.3, 0.4) is 0 Å². The van der Waals surface area contributed by atoms with Gasteiger partial charge in [-0.2, -0.15) is 0 Å². The van der Waals surface area contributed by atoms with Gasteiger partial charge >= 0.3 is 0 Å². The third kappa shape index (κ3) is 3.87. The van der Waals surface area contributed by atoms with Crippen LogP contribution in [-0.2, 0) is 9.59 Å². The molecule has 0 aliphatic heterocycles. The Kier molecular flexibility index (Phi) is 5.24. The summed E-state index contributed by atoms with van der Waals surface area (Å²) in [7, 11) is 1.50. The molecule has 0 aliphatic carbocycles. The molecule has 0 fully saturated rings. The number of aromatic nitrogens is 2. The van der Waals surface area contributed by atoms with Crippen LogP contribution in [0.1, 0.15) is 12.6 Å². The van der Waals surface area contributed by atoms with Crippen LogP contribution in [0.15, 0.2) is 35.9 Å². The molecule has 3 rings (SSSR count). The zero-order valence-electron chi connectivity index (χ0n) is 13.9. The predicted octanol–water partition coefficient (Wildman–Crippen LogP) is 3.67. The number of nitrogens with zero attached hydrogens (tertiary/aromatic N) is 2. The van der Waals surface area contributed by atoms with E-state index in [9.17, 15) is 9.59 Å². The van der Waals surface area contributed by atoms with Crippen molar-refractivity contribution in [2.24, 2.45) is 0 Å². The van der Waals surface area contributed by atoms with E-state index in [-0.39, 0.29) is 11.8 Å². The van der Waals surface area contributed by atoms with Crippen molar-refractivity contribution in [3.8, 4) is 5.75 Å². The summed E-state index contributed by atoms with van der Waals surface area (Å²) in [5.74, 6) is -0.0772. The fourth-order valence-electron chi connectivity index (χ4n) is 2.34. The molecule has 0 bridgehead atoms. The van der Waals surface area contributed by atoms with E-state index < -0.39 is 0 Å². The van der Waals surface area contributed by atoms with Crippen LogP contribution in [0, 0.1) is 0 Å². The summed E-state index contributed by atoms with van der Waals surface area (Å²) in [6.07, 6.45) is 4.80. The number of hydrogen-bond donors (Lipinski definition) is 2. The summed E-state index contributed by atoms with van der Waals surface area (Å²) >= 11 is 7.55. The van der Waals surface area contributed by atoms with E-state index in [2.05, 4.69) is 15.6 Å². The van der Waals surface area contributed by atoms with Crippen LogP contribution >= 0.6 is 22.9 Å². The summed E-state index contributed by atoms with van der Waals surface area (Å²) in [6.45, 7) is 1.40. The van der Waals surface area contributed by atoms with Crippen LogP contribution in [0.5, 0.6) is 5.75 Å². The molecule has 0 aliphatic rings. The molecule has 2 N–H and O–H groups in total. The summed E-state index contributed by atoms with van der Waals surface area (Å²) in [5, 5.41) is 7.60. The van der Waals surface area contributed by atoms with Gasteiger partial charge in [0, 0.05) is 30.3 Å². The molecule has 0 saturated heterocycles. The van der Waals surface area contributed by atoms with Crippen molar-refractivity contribution < 1.29 is 14.3 Å². The Morgan fingerprint density at radius 1 is 1.35 bits per heavy atom. The number of ether oxygens (including phenoxy) is 1. The number of rotatable bonds is 5. The Hall–Kier alpha value is -2.84. The molecule has 0 unspecified atom stereocenters. The minimum absolute atomic E-state index is 0.234. The molecule has 9 heteroatoms. The summed E-state index contributed by atoms with van der Waals surface area (Å²) in [5.41, 5.74) is 1.62. The van der Waals surface area contributed by atoms with E-state index in [1.807, 2.05) is 11.6 Å². The lowest BCUT2D eigenvalue weighted by atomic mass is 10.2. The topological polar surface area (TPSA) is 84.7 Å². The highest BCUT2D eigenvalue weighted by Crippen LogP contribution is 2.28. The van der Waals surface area contributed by atoms with Crippen molar-refractivity contribution >= 4 is 57.2 Å². The number of carbonyl (C=O) groups is 2. The van der Waals surface area contributed by atoms with Gasteiger partial charge in [-0.1, -0.05) is 11.6 Å². The molecule has 0 radical (unpaired) electrons. The fraction of sp³-hybridized carbons (Fsp3) is 0.118. The van der Waals surface area contributed by atoms with Gasteiger partial charge in [0.1, 0.15) is 5.75 Å². The van der Waals surface area contributed by atoms with E-state index in [0.29, 0.717) is 28.0 Å². The molecule has 134 valence electrons. The number of benzene rings is 1. The Bertz CT molecular complexity index is 1010. The third-order valence-electron chi connectivity index (χ3n) is 3.42. The maximum absolute atomic E-state index is 12.2. The Morgan fingerprint density at radius 3 is 2.88 bits per heavy atom. The molecule has 0 atom stereocenters. The van der Waals surface area contributed by atoms with Crippen molar-refractivity contribution in [2.75, 3.05) is 17.7 Å². The van der Waals surface area contributed by atoms with Crippen LogP contribution in [-0.4, -0.2) is 28.3 Å². The molecule has 2 amide bonds. The van der Waals surface area contributed by atoms with Crippen molar-refractivity contribution in [1.82, 2.24) is 9.38 Å². The van der Waals surface area contributed by atoms with Crippen LogP contribution in [0.4, 0.5) is 11.4 Å². The molecular formula is C17H15ClN4O3S. The maximum Gasteiger partial charge on any atom is 0.248 e. The number of thiazole rings is 1. The molecule has 3 aromatic rings. The highest BCUT2D eigenvalue weighted by atomic mass is 35.5. The number of nitrogens with one attached hydrogen (secondary N) is 2. The Balaban J connectivity index is 1.76. The summed E-state index contributed by atoms with van der Waals surface area (Å²) in [6, 6.07) is 4.96. The summed E-state index contributed by atoms with van der Waals surface area (Å²) in [4.78, 5) is 28.4. The van der Waals surface area contributed by atoms with Gasteiger partial charge in [0.05, 0.1) is 18.5 Å². The van der Waals surface area contributed by atoms with Crippen molar-refractivity contribution in [3.05, 3.63) is 46.7 Å². The first-order chi connectivity index (χ1) is 12.5. The first kappa shape index (κ1) is 18.0. The first-order valence-corrected chi connectivity index (χ1v) is 8.79. The number of imidazole rings is 1. The number of carbonyl (C=O) groups excluding carboxylic acids is 2. The molecule has 7 nitrogen and oxygen atoms in total. The predicted molar refractivity (Wildman–Crippen MR) is 103 cm³/mol. The largest absolute Gasteiger partial charge is 0.495 e. The number of methoxy groups -OCH3 is 1. The Labute approximate surface area is 158 Å². The van der Waals surface area contributed by atoms with Crippen molar-refractivity contribution in [1.29, 1.82) is 0 Å². The van der Waals surface area contributed by atoms with Gasteiger partial charge < -0.3 is 15.4 Å². The SMILES string of the molecule is COc1ccc(NC(=O)/C=C/c2c(Cl)nc3sccn23)cc1NC(C)=O. The average Bonchev–Trinajstić information content (AvgIpc) is 3.13. The summed E-state index contributed by atoms with van der Waals surface area (Å²) < 4.78 is 6.99. The van der Waals surface area contributed by atoms with Crippen LogP contribution < -0.4 is 15.4 Å². The standard InChI is InChI=1S/C17H15ClN4O3S/c1-10(23)19-12-9-11(3-5-14(12)25-2)20-15(24)6-4-13-16(18)21-17-22(13)7-8-26-17/h3-9H,1-2H3,(H,19,23)(H,20,24)/b6-4+. The molecule has 1 aromatic carbocycles. The van der Waals surface area contributed by atoms with Gasteiger partial charge in [-0.3, -0.25) is 14.0 Å². The van der Waals surface area contributed by atoms with Gasteiger partial charge in [-0.05, 0) is 24.3 Å². The maximum atomic E-state index is 12.2. The van der Waals surface area contributed by atoms with Gasteiger partial charge in [0.15, 0.2) is 10.1 Å². The average molecular weight is 391 g/mol. The smallest absolute Gasteiger partial charge is 0.248 e. The monoisotopic (exact) mass is 390 g/mol. The first-order valence-electron chi connectivity index (χ1n) is 7.53. The van der Waals surface area contributed by atoms with E-state index in [1.165, 1.54) is 31.4 Å². The number of anilines is 2. The second kappa shape index (κ2) is 7.59. The number of amides is 2. The molecule has 2 heterocycles. The highest BCUT2D eigenvalue weighted by Gasteiger charge is 2.10. The molecular weight excluding hydrogens is 376 g/mol. The quantitative estimate of drug-likeness (QED) is 0.651. The normalized spacial score (nSPS) is 11.0. The number of fused-ring (bicyclic) bond motifs is 1. The minimum Gasteiger partial charge on any atom is -0.495 e. The molecule has 2 aromatic heterocycles. The van der Waals surface area contributed by atoms with Gasteiger partial charge in [0.2, 0.25) is 11.8 Å².